The first-order chi connectivity index (χ1) is 10.3. The van der Waals surface area contributed by atoms with Gasteiger partial charge in [-0.25, -0.2) is 0 Å². The van der Waals surface area contributed by atoms with E-state index in [4.69, 9.17) is 10.5 Å². The number of nitrogens with zero attached hydrogens (tertiary/aromatic N) is 1. The number of rotatable bonds is 4. The van der Waals surface area contributed by atoms with Crippen molar-refractivity contribution >= 4 is 5.97 Å². The van der Waals surface area contributed by atoms with Crippen molar-refractivity contribution in [2.75, 3.05) is 13.1 Å². The molecular formula is C18H28N2O2. The van der Waals surface area contributed by atoms with E-state index in [1.807, 2.05) is 26.8 Å². The Hall–Kier alpha value is -1.39. The molecule has 0 spiro atoms. The Morgan fingerprint density at radius 3 is 2.64 bits per heavy atom. The first kappa shape index (κ1) is 17.0. The van der Waals surface area contributed by atoms with Crippen LogP contribution in [-0.2, 0) is 16.1 Å². The largest absolute Gasteiger partial charge is 0.460 e. The number of hydrogen-bond acceptors (Lipinski definition) is 4. The van der Waals surface area contributed by atoms with E-state index >= 15 is 0 Å². The van der Waals surface area contributed by atoms with Gasteiger partial charge in [-0.2, -0.15) is 0 Å². The molecule has 4 heteroatoms. The molecular weight excluding hydrogens is 276 g/mol. The van der Waals surface area contributed by atoms with Gasteiger partial charge < -0.3 is 10.5 Å². The summed E-state index contributed by atoms with van der Waals surface area (Å²) in [6, 6.07) is 10.4. The number of hydrogen-bond donors (Lipinski definition) is 1. The molecule has 22 heavy (non-hydrogen) atoms. The fourth-order valence-electron chi connectivity index (χ4n) is 3.04. The molecule has 0 bridgehead atoms. The summed E-state index contributed by atoms with van der Waals surface area (Å²) in [4.78, 5) is 14.4. The quantitative estimate of drug-likeness (QED) is 0.869. The highest BCUT2D eigenvalue weighted by atomic mass is 16.6. The standard InChI is InChI=1S/C18H28N2O2/c1-17(2,3)22-16(21)12-18(19)10-7-11-20(14-18)13-15-8-5-4-6-9-15/h4-6,8-9H,7,10-14,19H2,1-3H3. The molecule has 1 aromatic carbocycles. The van der Waals surface area contributed by atoms with Crippen LogP contribution in [0.5, 0.6) is 0 Å². The average molecular weight is 304 g/mol. The third-order valence-electron chi connectivity index (χ3n) is 3.85. The van der Waals surface area contributed by atoms with Crippen molar-refractivity contribution in [3.63, 3.8) is 0 Å². The van der Waals surface area contributed by atoms with Crippen LogP contribution in [0.2, 0.25) is 0 Å². The Balaban J connectivity index is 1.92. The fraction of sp³-hybridized carbons (Fsp3) is 0.611. The zero-order chi connectivity index (χ0) is 16.2. The fourth-order valence-corrected chi connectivity index (χ4v) is 3.04. The van der Waals surface area contributed by atoms with Gasteiger partial charge in [-0.15, -0.1) is 0 Å². The van der Waals surface area contributed by atoms with E-state index in [9.17, 15) is 4.79 Å². The van der Waals surface area contributed by atoms with Crippen molar-refractivity contribution in [2.24, 2.45) is 5.73 Å². The Kier molecular flexibility index (Phi) is 5.24. The van der Waals surface area contributed by atoms with E-state index < -0.39 is 11.1 Å². The van der Waals surface area contributed by atoms with Crippen molar-refractivity contribution in [1.29, 1.82) is 0 Å². The third kappa shape index (κ3) is 5.43. The molecule has 4 nitrogen and oxygen atoms in total. The second kappa shape index (κ2) is 6.80. The number of carbonyl (C=O) groups is 1. The summed E-state index contributed by atoms with van der Waals surface area (Å²) in [5.74, 6) is -0.198. The van der Waals surface area contributed by atoms with Gasteiger partial charge in [0.25, 0.3) is 0 Å². The molecule has 0 amide bonds. The second-order valence-corrected chi connectivity index (χ2v) is 7.43. The van der Waals surface area contributed by atoms with Crippen LogP contribution < -0.4 is 5.73 Å². The Labute approximate surface area is 133 Å². The normalized spacial score (nSPS) is 23.3. The summed E-state index contributed by atoms with van der Waals surface area (Å²) in [5, 5.41) is 0. The molecule has 2 N–H and O–H groups in total. The molecule has 0 saturated carbocycles. The summed E-state index contributed by atoms with van der Waals surface area (Å²) in [6.07, 6.45) is 2.18. The van der Waals surface area contributed by atoms with Crippen LogP contribution in [0.1, 0.15) is 45.6 Å². The number of piperidine rings is 1. The van der Waals surface area contributed by atoms with Crippen molar-refractivity contribution in [1.82, 2.24) is 4.90 Å². The number of esters is 1. The van der Waals surface area contributed by atoms with Crippen LogP contribution >= 0.6 is 0 Å². The topological polar surface area (TPSA) is 55.6 Å². The minimum atomic E-state index is -0.477. The highest BCUT2D eigenvalue weighted by Gasteiger charge is 2.35. The third-order valence-corrected chi connectivity index (χ3v) is 3.85. The first-order valence-corrected chi connectivity index (χ1v) is 8.03. The zero-order valence-electron chi connectivity index (χ0n) is 14.0. The molecule has 0 radical (unpaired) electrons. The molecule has 0 aliphatic carbocycles. The zero-order valence-corrected chi connectivity index (χ0v) is 14.0. The Morgan fingerprint density at radius 1 is 1.32 bits per heavy atom. The first-order valence-electron chi connectivity index (χ1n) is 8.03. The lowest BCUT2D eigenvalue weighted by molar-refractivity contribution is -0.156. The molecule has 1 heterocycles. The van der Waals surface area contributed by atoms with Gasteiger partial charge in [0.05, 0.1) is 6.42 Å². The maximum Gasteiger partial charge on any atom is 0.308 e. The highest BCUT2D eigenvalue weighted by Crippen LogP contribution is 2.25. The Morgan fingerprint density at radius 2 is 2.00 bits per heavy atom. The minimum Gasteiger partial charge on any atom is -0.460 e. The lowest BCUT2D eigenvalue weighted by Gasteiger charge is -2.40. The summed E-state index contributed by atoms with van der Waals surface area (Å²) < 4.78 is 5.42. The van der Waals surface area contributed by atoms with Crippen LogP contribution in [0.4, 0.5) is 0 Å². The molecule has 1 unspecified atom stereocenters. The van der Waals surface area contributed by atoms with Crippen molar-refractivity contribution in [3.05, 3.63) is 35.9 Å². The predicted octanol–water partition coefficient (Wildman–Crippen LogP) is 2.71. The molecule has 1 atom stereocenters. The summed E-state index contributed by atoms with van der Waals surface area (Å²) >= 11 is 0. The van der Waals surface area contributed by atoms with Gasteiger partial charge in [-0.1, -0.05) is 30.3 Å². The molecule has 1 aliphatic heterocycles. The monoisotopic (exact) mass is 304 g/mol. The molecule has 1 aromatic rings. The molecule has 1 aliphatic rings. The van der Waals surface area contributed by atoms with Gasteiger partial charge in [-0.05, 0) is 45.7 Å². The van der Waals surface area contributed by atoms with E-state index in [1.165, 1.54) is 5.56 Å². The van der Waals surface area contributed by atoms with Crippen LogP contribution in [0, 0.1) is 0 Å². The van der Waals surface area contributed by atoms with Gasteiger partial charge in [0, 0.05) is 18.6 Å². The summed E-state index contributed by atoms with van der Waals surface area (Å²) in [6.45, 7) is 8.31. The summed E-state index contributed by atoms with van der Waals surface area (Å²) in [5.41, 5.74) is 6.83. The molecule has 1 fully saturated rings. The van der Waals surface area contributed by atoms with Crippen molar-refractivity contribution < 1.29 is 9.53 Å². The molecule has 122 valence electrons. The van der Waals surface area contributed by atoms with Crippen LogP contribution in [0.25, 0.3) is 0 Å². The smallest absolute Gasteiger partial charge is 0.308 e. The number of carbonyl (C=O) groups excluding carboxylic acids is 1. The van der Waals surface area contributed by atoms with Gasteiger partial charge >= 0.3 is 5.97 Å². The number of benzene rings is 1. The SMILES string of the molecule is CC(C)(C)OC(=O)CC1(N)CCCN(Cc2ccccc2)C1. The lowest BCUT2D eigenvalue weighted by atomic mass is 9.86. The molecule has 0 aromatic heterocycles. The van der Waals surface area contributed by atoms with Gasteiger partial charge in [0.1, 0.15) is 5.60 Å². The minimum absolute atomic E-state index is 0.198. The van der Waals surface area contributed by atoms with Gasteiger partial charge in [-0.3, -0.25) is 9.69 Å². The van der Waals surface area contributed by atoms with Gasteiger partial charge in [0.15, 0.2) is 0 Å². The van der Waals surface area contributed by atoms with Crippen LogP contribution in [-0.4, -0.2) is 35.1 Å². The van der Waals surface area contributed by atoms with E-state index in [-0.39, 0.29) is 12.4 Å². The second-order valence-electron chi connectivity index (χ2n) is 7.43. The number of nitrogens with two attached hydrogens (primary N) is 1. The van der Waals surface area contributed by atoms with E-state index in [0.29, 0.717) is 0 Å². The molecule has 2 rings (SSSR count). The Bertz CT molecular complexity index is 496. The van der Waals surface area contributed by atoms with Crippen molar-refractivity contribution in [2.45, 2.75) is 57.7 Å². The number of ether oxygens (including phenoxy) is 1. The van der Waals surface area contributed by atoms with Crippen molar-refractivity contribution in [3.8, 4) is 0 Å². The van der Waals surface area contributed by atoms with Crippen LogP contribution in [0.3, 0.4) is 0 Å². The number of likely N-dealkylation sites (tertiary alicyclic amines) is 1. The maximum absolute atomic E-state index is 12.1. The predicted molar refractivity (Wildman–Crippen MR) is 88.3 cm³/mol. The van der Waals surface area contributed by atoms with E-state index in [2.05, 4.69) is 29.2 Å². The highest BCUT2D eigenvalue weighted by molar-refractivity contribution is 5.71. The van der Waals surface area contributed by atoms with E-state index in [1.54, 1.807) is 0 Å². The van der Waals surface area contributed by atoms with Gasteiger partial charge in [0.2, 0.25) is 0 Å². The average Bonchev–Trinajstić information content (AvgIpc) is 2.36. The van der Waals surface area contributed by atoms with E-state index in [0.717, 1.165) is 32.5 Å². The lowest BCUT2D eigenvalue weighted by Crippen LogP contribution is -2.55. The van der Waals surface area contributed by atoms with Crippen LogP contribution in [0.15, 0.2) is 30.3 Å². The maximum atomic E-state index is 12.1. The molecule has 1 saturated heterocycles. The summed E-state index contributed by atoms with van der Waals surface area (Å²) in [7, 11) is 0.